The summed E-state index contributed by atoms with van der Waals surface area (Å²) in [6, 6.07) is -0.391. The van der Waals surface area contributed by atoms with E-state index in [-0.39, 0.29) is 17.8 Å². The number of likely N-dealkylation sites (tertiary alicyclic amines) is 1. The molecule has 6 heteroatoms. The quantitative estimate of drug-likeness (QED) is 0.481. The topological polar surface area (TPSA) is 72.9 Å². The third-order valence-electron chi connectivity index (χ3n) is 4.05. The molecule has 6 nitrogen and oxygen atoms in total. The van der Waals surface area contributed by atoms with Crippen molar-refractivity contribution in [2.24, 2.45) is 0 Å². The molecule has 22 heavy (non-hydrogen) atoms. The monoisotopic (exact) mass is 313 g/mol. The van der Waals surface area contributed by atoms with Crippen molar-refractivity contribution in [3.63, 3.8) is 0 Å². The Morgan fingerprint density at radius 2 is 1.59 bits per heavy atom. The Morgan fingerprint density at radius 1 is 0.955 bits per heavy atom. The van der Waals surface area contributed by atoms with Crippen LogP contribution in [0.1, 0.15) is 57.8 Å². The van der Waals surface area contributed by atoms with Crippen molar-refractivity contribution >= 4 is 17.8 Å². The van der Waals surface area contributed by atoms with Crippen LogP contribution in [-0.2, 0) is 23.9 Å². The van der Waals surface area contributed by atoms with Gasteiger partial charge in [-0.2, -0.15) is 0 Å². The fraction of sp³-hybridized carbons (Fsp3) is 0.812. The van der Waals surface area contributed by atoms with Gasteiger partial charge >= 0.3 is 11.9 Å². The van der Waals surface area contributed by atoms with Gasteiger partial charge in [0.2, 0.25) is 5.91 Å². The minimum atomic E-state index is -0.391. The van der Waals surface area contributed by atoms with Crippen molar-refractivity contribution in [3.8, 4) is 0 Å². The minimum Gasteiger partial charge on any atom is -0.469 e. The maximum absolute atomic E-state index is 12.2. The van der Waals surface area contributed by atoms with Gasteiger partial charge in [-0.25, -0.2) is 4.79 Å². The molecule has 1 unspecified atom stereocenters. The summed E-state index contributed by atoms with van der Waals surface area (Å²) < 4.78 is 9.32. The Labute approximate surface area is 132 Å². The molecule has 0 spiro atoms. The van der Waals surface area contributed by atoms with E-state index in [1.165, 1.54) is 14.2 Å². The van der Waals surface area contributed by atoms with Crippen molar-refractivity contribution in [3.05, 3.63) is 0 Å². The third kappa shape index (κ3) is 6.03. The maximum Gasteiger partial charge on any atom is 0.328 e. The summed E-state index contributed by atoms with van der Waals surface area (Å²) in [5.74, 6) is -0.436. The summed E-state index contributed by atoms with van der Waals surface area (Å²) in [5.41, 5.74) is 0. The van der Waals surface area contributed by atoms with Crippen LogP contribution in [-0.4, -0.2) is 49.6 Å². The number of esters is 2. The predicted octanol–water partition coefficient (Wildman–Crippen LogP) is 2.05. The lowest BCUT2D eigenvalue weighted by atomic mass is 10.1. The van der Waals surface area contributed by atoms with E-state index < -0.39 is 6.04 Å². The molecule has 1 fully saturated rings. The number of carbonyl (C=O) groups is 3. The third-order valence-corrected chi connectivity index (χ3v) is 4.05. The molecule has 1 amide bonds. The average molecular weight is 313 g/mol. The summed E-state index contributed by atoms with van der Waals surface area (Å²) >= 11 is 0. The lowest BCUT2D eigenvalue weighted by molar-refractivity contribution is -0.151. The first-order chi connectivity index (χ1) is 10.6. The first kappa shape index (κ1) is 18.5. The van der Waals surface area contributed by atoms with E-state index in [0.29, 0.717) is 25.8 Å². The van der Waals surface area contributed by atoms with E-state index in [1.807, 2.05) is 0 Å². The molecule has 0 aromatic rings. The molecule has 126 valence electrons. The standard InChI is InChI=1S/C16H27NO5/c1-21-15(19)11-7-5-3-4-6-10-14(18)17-12-8-9-13(17)16(20)22-2/h13H,3-12H2,1-2H3. The van der Waals surface area contributed by atoms with Gasteiger partial charge in [0.1, 0.15) is 6.04 Å². The molecule has 0 saturated carbocycles. The highest BCUT2D eigenvalue weighted by Gasteiger charge is 2.34. The summed E-state index contributed by atoms with van der Waals surface area (Å²) in [7, 11) is 2.76. The molecule has 0 aliphatic carbocycles. The fourth-order valence-electron chi connectivity index (χ4n) is 2.77. The summed E-state index contributed by atoms with van der Waals surface area (Å²) in [5, 5.41) is 0. The number of rotatable bonds is 9. The highest BCUT2D eigenvalue weighted by Crippen LogP contribution is 2.20. The van der Waals surface area contributed by atoms with Crippen LogP contribution >= 0.6 is 0 Å². The van der Waals surface area contributed by atoms with E-state index in [9.17, 15) is 14.4 Å². The SMILES string of the molecule is COC(=O)CCCCCCCC(=O)N1CCCC1C(=O)OC. The van der Waals surface area contributed by atoms with Gasteiger partial charge < -0.3 is 14.4 Å². The largest absolute Gasteiger partial charge is 0.469 e. The highest BCUT2D eigenvalue weighted by atomic mass is 16.5. The van der Waals surface area contributed by atoms with E-state index in [2.05, 4.69) is 4.74 Å². The molecule has 0 aromatic heterocycles. The van der Waals surface area contributed by atoms with Gasteiger partial charge in [-0.1, -0.05) is 19.3 Å². The molecular weight excluding hydrogens is 286 g/mol. The van der Waals surface area contributed by atoms with Gasteiger partial charge in [0, 0.05) is 19.4 Å². The second kappa shape index (κ2) is 10.2. The number of hydrogen-bond donors (Lipinski definition) is 0. The van der Waals surface area contributed by atoms with Crippen LogP contribution < -0.4 is 0 Å². The van der Waals surface area contributed by atoms with Gasteiger partial charge in [-0.15, -0.1) is 0 Å². The second-order valence-electron chi connectivity index (χ2n) is 5.61. The average Bonchev–Trinajstić information content (AvgIpc) is 3.02. The van der Waals surface area contributed by atoms with E-state index >= 15 is 0 Å². The molecule has 0 radical (unpaired) electrons. The zero-order chi connectivity index (χ0) is 16.4. The van der Waals surface area contributed by atoms with Crippen LogP contribution in [0.15, 0.2) is 0 Å². The van der Waals surface area contributed by atoms with Gasteiger partial charge in [-0.05, 0) is 25.7 Å². The van der Waals surface area contributed by atoms with Crippen molar-refractivity contribution in [1.29, 1.82) is 0 Å². The molecule has 0 bridgehead atoms. The molecule has 1 heterocycles. The number of unbranched alkanes of at least 4 members (excludes halogenated alkanes) is 4. The zero-order valence-electron chi connectivity index (χ0n) is 13.6. The Balaban J connectivity index is 2.13. The predicted molar refractivity (Wildman–Crippen MR) is 81.1 cm³/mol. The molecule has 0 aromatic carbocycles. The zero-order valence-corrected chi connectivity index (χ0v) is 13.6. The number of methoxy groups -OCH3 is 2. The minimum absolute atomic E-state index is 0.0439. The van der Waals surface area contributed by atoms with E-state index in [0.717, 1.165) is 38.5 Å². The first-order valence-electron chi connectivity index (χ1n) is 8.04. The lowest BCUT2D eigenvalue weighted by Gasteiger charge is -2.22. The van der Waals surface area contributed by atoms with Crippen molar-refractivity contribution in [2.45, 2.75) is 63.8 Å². The molecule has 1 aliphatic rings. The number of carbonyl (C=O) groups excluding carboxylic acids is 3. The van der Waals surface area contributed by atoms with Gasteiger partial charge in [-0.3, -0.25) is 9.59 Å². The molecule has 0 N–H and O–H groups in total. The summed E-state index contributed by atoms with van der Waals surface area (Å²) in [6.45, 7) is 0.651. The van der Waals surface area contributed by atoms with Crippen LogP contribution in [0, 0.1) is 0 Å². The van der Waals surface area contributed by atoms with Gasteiger partial charge in [0.15, 0.2) is 0 Å². The van der Waals surface area contributed by atoms with Crippen LogP contribution in [0.4, 0.5) is 0 Å². The fourth-order valence-corrected chi connectivity index (χ4v) is 2.77. The smallest absolute Gasteiger partial charge is 0.328 e. The summed E-state index contributed by atoms with van der Waals surface area (Å²) in [6.07, 6.45) is 7.09. The molecule has 1 atom stereocenters. The summed E-state index contributed by atoms with van der Waals surface area (Å²) in [4.78, 5) is 36.3. The van der Waals surface area contributed by atoms with Crippen molar-refractivity contribution in [2.75, 3.05) is 20.8 Å². The lowest BCUT2D eigenvalue weighted by Crippen LogP contribution is -2.40. The Kier molecular flexibility index (Phi) is 8.55. The molecular formula is C16H27NO5. The number of nitrogens with zero attached hydrogens (tertiary/aromatic N) is 1. The number of ether oxygens (including phenoxy) is 2. The Hall–Kier alpha value is -1.59. The molecule has 1 aliphatic heterocycles. The highest BCUT2D eigenvalue weighted by molar-refractivity contribution is 5.85. The molecule has 1 rings (SSSR count). The first-order valence-corrected chi connectivity index (χ1v) is 8.04. The number of hydrogen-bond acceptors (Lipinski definition) is 5. The molecule has 1 saturated heterocycles. The van der Waals surface area contributed by atoms with E-state index in [4.69, 9.17) is 4.74 Å². The van der Waals surface area contributed by atoms with Crippen LogP contribution in [0.3, 0.4) is 0 Å². The Morgan fingerprint density at radius 3 is 2.23 bits per heavy atom. The number of amides is 1. The van der Waals surface area contributed by atoms with Gasteiger partial charge in [0.05, 0.1) is 14.2 Å². The van der Waals surface area contributed by atoms with Crippen molar-refractivity contribution < 1.29 is 23.9 Å². The van der Waals surface area contributed by atoms with Gasteiger partial charge in [0.25, 0.3) is 0 Å². The van der Waals surface area contributed by atoms with Crippen molar-refractivity contribution in [1.82, 2.24) is 4.90 Å². The Bertz CT molecular complexity index is 383. The van der Waals surface area contributed by atoms with Crippen LogP contribution in [0.2, 0.25) is 0 Å². The second-order valence-corrected chi connectivity index (χ2v) is 5.61. The van der Waals surface area contributed by atoms with E-state index in [1.54, 1.807) is 4.90 Å². The van der Waals surface area contributed by atoms with Crippen LogP contribution in [0.25, 0.3) is 0 Å². The maximum atomic E-state index is 12.2. The normalized spacial score (nSPS) is 17.4. The van der Waals surface area contributed by atoms with Crippen LogP contribution in [0.5, 0.6) is 0 Å².